The Bertz CT molecular complexity index is 496. The molecule has 0 aliphatic rings. The van der Waals surface area contributed by atoms with E-state index in [2.05, 4.69) is 5.10 Å². The molecule has 0 aliphatic carbocycles. The van der Waals surface area contributed by atoms with Gasteiger partial charge in [-0.25, -0.2) is 4.39 Å². The molecule has 4 nitrogen and oxygen atoms in total. The fourth-order valence-electron chi connectivity index (χ4n) is 1.62. The van der Waals surface area contributed by atoms with Crippen LogP contribution in [0.15, 0.2) is 18.3 Å². The van der Waals surface area contributed by atoms with Crippen molar-refractivity contribution in [3.8, 4) is 0 Å². The van der Waals surface area contributed by atoms with Gasteiger partial charge in [-0.05, 0) is 12.1 Å². The van der Waals surface area contributed by atoms with E-state index in [0.29, 0.717) is 13.2 Å². The van der Waals surface area contributed by atoms with Gasteiger partial charge in [-0.2, -0.15) is 5.10 Å². The fraction of sp³-hybridized carbons (Fsp3) is 0.364. The van der Waals surface area contributed by atoms with Crippen LogP contribution in [0, 0.1) is 5.82 Å². The summed E-state index contributed by atoms with van der Waals surface area (Å²) in [5, 5.41) is 13.9. The van der Waals surface area contributed by atoms with Gasteiger partial charge in [0.1, 0.15) is 5.82 Å². The summed E-state index contributed by atoms with van der Waals surface area (Å²) in [6.07, 6.45) is 1.61. The molecule has 2 aromatic rings. The lowest BCUT2D eigenvalue weighted by Gasteiger charge is -2.04. The van der Waals surface area contributed by atoms with E-state index in [0.717, 1.165) is 10.9 Å². The number of nitrogens with zero attached hydrogens (tertiary/aromatic N) is 2. The standard InChI is InChI=1S/C11H13FN2O2/c1-16-3-2-14-11-5-9(7-15)10(12)4-8(11)6-13-14/h4-6,15H,2-3,7H2,1H3. The van der Waals surface area contributed by atoms with Crippen LogP contribution in [0.4, 0.5) is 4.39 Å². The first-order chi connectivity index (χ1) is 7.76. The van der Waals surface area contributed by atoms with Crippen molar-refractivity contribution in [1.82, 2.24) is 9.78 Å². The van der Waals surface area contributed by atoms with Crippen LogP contribution in [-0.4, -0.2) is 28.6 Å². The van der Waals surface area contributed by atoms with Gasteiger partial charge < -0.3 is 9.84 Å². The summed E-state index contributed by atoms with van der Waals surface area (Å²) in [6, 6.07) is 3.00. The highest BCUT2D eigenvalue weighted by molar-refractivity contribution is 5.79. The Labute approximate surface area is 92.3 Å². The molecule has 0 bridgehead atoms. The van der Waals surface area contributed by atoms with Crippen LogP contribution in [0.5, 0.6) is 0 Å². The van der Waals surface area contributed by atoms with Crippen LogP contribution >= 0.6 is 0 Å². The van der Waals surface area contributed by atoms with Gasteiger partial charge in [0.05, 0.1) is 31.5 Å². The molecular formula is C11H13FN2O2. The number of hydrogen-bond donors (Lipinski definition) is 1. The average Bonchev–Trinajstić information content (AvgIpc) is 2.67. The van der Waals surface area contributed by atoms with E-state index in [1.807, 2.05) is 0 Å². The number of rotatable bonds is 4. The highest BCUT2D eigenvalue weighted by Gasteiger charge is 2.08. The van der Waals surface area contributed by atoms with Gasteiger partial charge in [0.2, 0.25) is 0 Å². The molecule has 5 heteroatoms. The van der Waals surface area contributed by atoms with Crippen molar-refractivity contribution < 1.29 is 14.2 Å². The Morgan fingerprint density at radius 1 is 1.50 bits per heavy atom. The lowest BCUT2D eigenvalue weighted by molar-refractivity contribution is 0.185. The largest absolute Gasteiger partial charge is 0.392 e. The van der Waals surface area contributed by atoms with E-state index in [1.54, 1.807) is 24.1 Å². The van der Waals surface area contributed by atoms with Crippen molar-refractivity contribution in [2.24, 2.45) is 0 Å². The number of aromatic nitrogens is 2. The molecule has 0 saturated heterocycles. The molecule has 0 amide bonds. The Hall–Kier alpha value is -1.46. The monoisotopic (exact) mass is 224 g/mol. The van der Waals surface area contributed by atoms with E-state index < -0.39 is 5.82 Å². The minimum absolute atomic E-state index is 0.284. The number of methoxy groups -OCH3 is 1. The van der Waals surface area contributed by atoms with Gasteiger partial charge in [0.15, 0.2) is 0 Å². The normalized spacial score (nSPS) is 11.2. The van der Waals surface area contributed by atoms with Crippen LogP contribution in [0.3, 0.4) is 0 Å². The second-order valence-electron chi connectivity index (χ2n) is 3.52. The van der Waals surface area contributed by atoms with Crippen LogP contribution in [0.25, 0.3) is 10.9 Å². The summed E-state index contributed by atoms with van der Waals surface area (Å²) in [4.78, 5) is 0. The van der Waals surface area contributed by atoms with Gasteiger partial charge in [-0.1, -0.05) is 0 Å². The molecular weight excluding hydrogens is 211 g/mol. The molecule has 0 atom stereocenters. The van der Waals surface area contributed by atoms with Gasteiger partial charge >= 0.3 is 0 Å². The summed E-state index contributed by atoms with van der Waals surface area (Å²) >= 11 is 0. The minimum atomic E-state index is -0.402. The van der Waals surface area contributed by atoms with Crippen molar-refractivity contribution in [3.05, 3.63) is 29.7 Å². The van der Waals surface area contributed by atoms with Gasteiger partial charge in [0, 0.05) is 18.1 Å². The van der Waals surface area contributed by atoms with Crippen LogP contribution in [0.1, 0.15) is 5.56 Å². The SMILES string of the molecule is COCCn1ncc2cc(F)c(CO)cc21. The summed E-state index contributed by atoms with van der Waals surface area (Å²) in [7, 11) is 1.62. The first-order valence-electron chi connectivity index (χ1n) is 5.00. The third-order valence-corrected chi connectivity index (χ3v) is 2.49. The average molecular weight is 224 g/mol. The van der Waals surface area contributed by atoms with Crippen LogP contribution in [0.2, 0.25) is 0 Å². The lowest BCUT2D eigenvalue weighted by Crippen LogP contribution is -2.05. The summed E-state index contributed by atoms with van der Waals surface area (Å²) in [5.74, 6) is -0.402. The Morgan fingerprint density at radius 3 is 3.00 bits per heavy atom. The quantitative estimate of drug-likeness (QED) is 0.851. The zero-order valence-electron chi connectivity index (χ0n) is 8.98. The molecule has 0 fully saturated rings. The third kappa shape index (κ3) is 1.91. The summed E-state index contributed by atoms with van der Waals surface area (Å²) < 4.78 is 20.1. The molecule has 0 saturated carbocycles. The molecule has 1 heterocycles. The zero-order valence-corrected chi connectivity index (χ0v) is 8.98. The molecule has 0 aliphatic heterocycles. The first-order valence-corrected chi connectivity index (χ1v) is 5.00. The predicted octanol–water partition coefficient (Wildman–Crippen LogP) is 1.31. The molecule has 0 radical (unpaired) electrons. The number of halogens is 1. The van der Waals surface area contributed by atoms with E-state index >= 15 is 0 Å². The van der Waals surface area contributed by atoms with Crippen molar-refractivity contribution in [1.29, 1.82) is 0 Å². The second kappa shape index (κ2) is 4.59. The summed E-state index contributed by atoms with van der Waals surface area (Å²) in [6.45, 7) is 0.844. The number of benzene rings is 1. The lowest BCUT2D eigenvalue weighted by atomic mass is 10.1. The van der Waals surface area contributed by atoms with Crippen molar-refractivity contribution in [3.63, 3.8) is 0 Å². The molecule has 16 heavy (non-hydrogen) atoms. The third-order valence-electron chi connectivity index (χ3n) is 2.49. The van der Waals surface area contributed by atoms with Gasteiger partial charge in [0.25, 0.3) is 0 Å². The molecule has 86 valence electrons. The molecule has 1 N–H and O–H groups in total. The number of fused-ring (bicyclic) bond motifs is 1. The molecule has 0 spiro atoms. The maximum atomic E-state index is 13.4. The van der Waals surface area contributed by atoms with E-state index in [-0.39, 0.29) is 12.2 Å². The van der Waals surface area contributed by atoms with Crippen molar-refractivity contribution in [2.45, 2.75) is 13.2 Å². The van der Waals surface area contributed by atoms with E-state index in [1.165, 1.54) is 6.07 Å². The van der Waals surface area contributed by atoms with Crippen LogP contribution in [-0.2, 0) is 17.9 Å². The van der Waals surface area contributed by atoms with E-state index in [4.69, 9.17) is 9.84 Å². The maximum Gasteiger partial charge on any atom is 0.129 e. The first kappa shape index (κ1) is 11.0. The molecule has 1 aromatic heterocycles. The predicted molar refractivity (Wildman–Crippen MR) is 57.5 cm³/mol. The number of aliphatic hydroxyl groups excluding tert-OH is 1. The highest BCUT2D eigenvalue weighted by atomic mass is 19.1. The zero-order chi connectivity index (χ0) is 11.5. The second-order valence-corrected chi connectivity index (χ2v) is 3.52. The Kier molecular flexibility index (Phi) is 3.17. The van der Waals surface area contributed by atoms with Crippen molar-refractivity contribution in [2.75, 3.05) is 13.7 Å². The minimum Gasteiger partial charge on any atom is -0.392 e. The maximum absolute atomic E-state index is 13.4. The Balaban J connectivity index is 2.45. The van der Waals surface area contributed by atoms with Crippen LogP contribution < -0.4 is 0 Å². The summed E-state index contributed by atoms with van der Waals surface area (Å²) in [5.41, 5.74) is 1.09. The smallest absolute Gasteiger partial charge is 0.129 e. The fourth-order valence-corrected chi connectivity index (χ4v) is 1.62. The van der Waals surface area contributed by atoms with Gasteiger partial charge in [-0.3, -0.25) is 4.68 Å². The number of aliphatic hydroxyl groups is 1. The van der Waals surface area contributed by atoms with E-state index in [9.17, 15) is 4.39 Å². The number of ether oxygens (including phenoxy) is 1. The van der Waals surface area contributed by atoms with Crippen molar-refractivity contribution >= 4 is 10.9 Å². The molecule has 1 aromatic carbocycles. The Morgan fingerprint density at radius 2 is 2.31 bits per heavy atom. The molecule has 0 unspecified atom stereocenters. The topological polar surface area (TPSA) is 47.3 Å². The highest BCUT2D eigenvalue weighted by Crippen LogP contribution is 2.19. The number of hydrogen-bond acceptors (Lipinski definition) is 3. The van der Waals surface area contributed by atoms with Gasteiger partial charge in [-0.15, -0.1) is 0 Å². The molecule has 2 rings (SSSR count).